The standard InChI is InChI=1S/C18H20N2O2/c1-20(2)12-16(21)14-8-9-17-15(10-14)19-11-18(22-17)13-6-4-3-5-7-13/h3-10,18-19H,11-12H2,1-2H3. The smallest absolute Gasteiger partial charge is 0.176 e. The van der Waals surface area contributed by atoms with Gasteiger partial charge in [0, 0.05) is 5.56 Å². The average molecular weight is 296 g/mol. The van der Waals surface area contributed by atoms with Gasteiger partial charge in [0.05, 0.1) is 18.8 Å². The number of fused-ring (bicyclic) bond motifs is 1. The van der Waals surface area contributed by atoms with Crippen molar-refractivity contribution in [2.24, 2.45) is 0 Å². The molecule has 2 aromatic carbocycles. The molecular formula is C18H20N2O2. The maximum atomic E-state index is 12.1. The summed E-state index contributed by atoms with van der Waals surface area (Å²) >= 11 is 0. The number of ether oxygens (including phenoxy) is 1. The number of hydrogen-bond acceptors (Lipinski definition) is 4. The van der Waals surface area contributed by atoms with E-state index in [1.54, 1.807) is 0 Å². The molecule has 1 aliphatic heterocycles. The summed E-state index contributed by atoms with van der Waals surface area (Å²) in [7, 11) is 3.78. The largest absolute Gasteiger partial charge is 0.482 e. The molecule has 0 fully saturated rings. The van der Waals surface area contributed by atoms with Gasteiger partial charge in [-0.05, 0) is 37.9 Å². The van der Waals surface area contributed by atoms with E-state index in [4.69, 9.17) is 4.74 Å². The van der Waals surface area contributed by atoms with Crippen LogP contribution in [-0.2, 0) is 0 Å². The Labute approximate surface area is 130 Å². The number of hydrogen-bond donors (Lipinski definition) is 1. The van der Waals surface area contributed by atoms with E-state index in [-0.39, 0.29) is 11.9 Å². The van der Waals surface area contributed by atoms with Crippen molar-refractivity contribution >= 4 is 11.5 Å². The minimum atomic E-state index is -0.00275. The van der Waals surface area contributed by atoms with Crippen molar-refractivity contribution < 1.29 is 9.53 Å². The van der Waals surface area contributed by atoms with E-state index in [2.05, 4.69) is 17.4 Å². The third kappa shape index (κ3) is 3.12. The van der Waals surface area contributed by atoms with Crippen molar-refractivity contribution in [1.29, 1.82) is 0 Å². The lowest BCUT2D eigenvalue weighted by molar-refractivity contribution is 0.0958. The summed E-state index contributed by atoms with van der Waals surface area (Å²) < 4.78 is 6.05. The Bertz CT molecular complexity index is 668. The normalized spacial score (nSPS) is 16.6. The van der Waals surface area contributed by atoms with Crippen molar-refractivity contribution in [3.63, 3.8) is 0 Å². The molecule has 1 aliphatic rings. The van der Waals surface area contributed by atoms with Crippen LogP contribution >= 0.6 is 0 Å². The Hall–Kier alpha value is -2.33. The van der Waals surface area contributed by atoms with Gasteiger partial charge in [-0.1, -0.05) is 30.3 Å². The first-order valence-electron chi connectivity index (χ1n) is 7.41. The molecule has 0 saturated carbocycles. The summed E-state index contributed by atoms with van der Waals surface area (Å²) in [5.41, 5.74) is 2.74. The topological polar surface area (TPSA) is 41.6 Å². The molecular weight excluding hydrogens is 276 g/mol. The molecule has 114 valence electrons. The highest BCUT2D eigenvalue weighted by atomic mass is 16.5. The molecule has 1 heterocycles. The van der Waals surface area contributed by atoms with Gasteiger partial charge in [0.2, 0.25) is 0 Å². The third-order valence-electron chi connectivity index (χ3n) is 3.68. The number of benzene rings is 2. The Morgan fingerprint density at radius 3 is 2.73 bits per heavy atom. The SMILES string of the molecule is CN(C)CC(=O)c1ccc2c(c1)NCC(c1ccccc1)O2. The number of rotatable bonds is 4. The summed E-state index contributed by atoms with van der Waals surface area (Å²) in [4.78, 5) is 14.0. The second-order valence-electron chi connectivity index (χ2n) is 5.77. The summed E-state index contributed by atoms with van der Waals surface area (Å²) in [6.45, 7) is 1.11. The van der Waals surface area contributed by atoms with Crippen LogP contribution in [-0.4, -0.2) is 37.9 Å². The van der Waals surface area contributed by atoms with E-state index in [0.29, 0.717) is 18.7 Å². The number of carbonyl (C=O) groups excluding carboxylic acids is 1. The lowest BCUT2D eigenvalue weighted by Crippen LogP contribution is -2.25. The average Bonchev–Trinajstić information content (AvgIpc) is 2.54. The fourth-order valence-corrected chi connectivity index (χ4v) is 2.57. The first kappa shape index (κ1) is 14.6. The van der Waals surface area contributed by atoms with Crippen LogP contribution in [0.4, 0.5) is 5.69 Å². The number of carbonyl (C=O) groups is 1. The summed E-state index contributed by atoms with van der Waals surface area (Å²) in [6, 6.07) is 15.7. The van der Waals surface area contributed by atoms with Crippen molar-refractivity contribution in [1.82, 2.24) is 4.90 Å². The van der Waals surface area contributed by atoms with Crippen LogP contribution in [0.3, 0.4) is 0 Å². The van der Waals surface area contributed by atoms with Gasteiger partial charge < -0.3 is 15.0 Å². The van der Waals surface area contributed by atoms with E-state index in [1.807, 2.05) is 55.4 Å². The lowest BCUT2D eigenvalue weighted by Gasteiger charge is -2.28. The van der Waals surface area contributed by atoms with Gasteiger partial charge in [-0.25, -0.2) is 0 Å². The molecule has 0 saturated heterocycles. The van der Waals surface area contributed by atoms with Gasteiger partial charge in [-0.15, -0.1) is 0 Å². The zero-order chi connectivity index (χ0) is 15.5. The second kappa shape index (κ2) is 6.20. The van der Waals surface area contributed by atoms with E-state index >= 15 is 0 Å². The minimum absolute atomic E-state index is 0.00275. The predicted molar refractivity (Wildman–Crippen MR) is 87.6 cm³/mol. The summed E-state index contributed by atoms with van der Waals surface area (Å²) in [6.07, 6.45) is -0.00275. The minimum Gasteiger partial charge on any atom is -0.482 e. The highest BCUT2D eigenvalue weighted by Gasteiger charge is 2.21. The second-order valence-corrected chi connectivity index (χ2v) is 5.77. The van der Waals surface area contributed by atoms with Gasteiger partial charge in [-0.2, -0.15) is 0 Å². The first-order valence-corrected chi connectivity index (χ1v) is 7.41. The van der Waals surface area contributed by atoms with Crippen LogP contribution in [0.1, 0.15) is 22.0 Å². The van der Waals surface area contributed by atoms with Gasteiger partial charge in [0.1, 0.15) is 11.9 Å². The van der Waals surface area contributed by atoms with Crippen molar-refractivity contribution in [2.75, 3.05) is 32.5 Å². The molecule has 2 aromatic rings. The maximum absolute atomic E-state index is 12.1. The van der Waals surface area contributed by atoms with Crippen LogP contribution in [0, 0.1) is 0 Å². The molecule has 1 N–H and O–H groups in total. The number of nitrogens with zero attached hydrogens (tertiary/aromatic N) is 1. The highest BCUT2D eigenvalue weighted by molar-refractivity contribution is 5.98. The molecule has 1 unspecified atom stereocenters. The highest BCUT2D eigenvalue weighted by Crippen LogP contribution is 2.34. The third-order valence-corrected chi connectivity index (χ3v) is 3.68. The van der Waals surface area contributed by atoms with E-state index in [1.165, 1.54) is 0 Å². The van der Waals surface area contributed by atoms with E-state index < -0.39 is 0 Å². The maximum Gasteiger partial charge on any atom is 0.176 e. The predicted octanol–water partition coefficient (Wildman–Crippen LogP) is 2.98. The Kier molecular flexibility index (Phi) is 4.11. The van der Waals surface area contributed by atoms with Crippen molar-refractivity contribution in [2.45, 2.75) is 6.10 Å². The zero-order valence-corrected chi connectivity index (χ0v) is 12.9. The molecule has 1 atom stereocenters. The monoisotopic (exact) mass is 296 g/mol. The van der Waals surface area contributed by atoms with Crippen LogP contribution in [0.25, 0.3) is 0 Å². The van der Waals surface area contributed by atoms with Crippen molar-refractivity contribution in [3.8, 4) is 5.75 Å². The molecule has 22 heavy (non-hydrogen) atoms. The first-order chi connectivity index (χ1) is 10.6. The molecule has 0 spiro atoms. The zero-order valence-electron chi connectivity index (χ0n) is 12.9. The molecule has 0 radical (unpaired) electrons. The number of nitrogens with one attached hydrogen (secondary N) is 1. The molecule has 4 nitrogen and oxygen atoms in total. The van der Waals surface area contributed by atoms with Crippen molar-refractivity contribution in [3.05, 3.63) is 59.7 Å². The Morgan fingerprint density at radius 1 is 1.23 bits per heavy atom. The molecule has 0 bridgehead atoms. The number of Topliss-reactive ketones (excluding diaryl/α,β-unsaturated/α-hetero) is 1. The fourth-order valence-electron chi connectivity index (χ4n) is 2.57. The van der Waals surface area contributed by atoms with Crippen LogP contribution < -0.4 is 10.1 Å². The van der Waals surface area contributed by atoms with Gasteiger partial charge in [0.15, 0.2) is 5.78 Å². The van der Waals surface area contributed by atoms with Crippen LogP contribution in [0.5, 0.6) is 5.75 Å². The van der Waals surface area contributed by atoms with Gasteiger partial charge in [0.25, 0.3) is 0 Å². The van der Waals surface area contributed by atoms with E-state index in [0.717, 1.165) is 17.0 Å². The Balaban J connectivity index is 1.78. The van der Waals surface area contributed by atoms with Crippen LogP contribution in [0.2, 0.25) is 0 Å². The molecule has 0 amide bonds. The molecule has 4 heteroatoms. The molecule has 3 rings (SSSR count). The Morgan fingerprint density at radius 2 is 2.00 bits per heavy atom. The van der Waals surface area contributed by atoms with Gasteiger partial charge in [-0.3, -0.25) is 4.79 Å². The quantitative estimate of drug-likeness (QED) is 0.881. The van der Waals surface area contributed by atoms with E-state index in [9.17, 15) is 4.79 Å². The lowest BCUT2D eigenvalue weighted by atomic mass is 10.1. The number of likely N-dealkylation sites (N-methyl/N-ethyl adjacent to an activating group) is 1. The molecule has 0 aromatic heterocycles. The summed E-state index contributed by atoms with van der Waals surface area (Å²) in [5, 5.41) is 3.37. The number of ketones is 1. The fraction of sp³-hybridized carbons (Fsp3) is 0.278. The van der Waals surface area contributed by atoms with Gasteiger partial charge >= 0.3 is 0 Å². The van der Waals surface area contributed by atoms with Crippen LogP contribution in [0.15, 0.2) is 48.5 Å². The molecule has 0 aliphatic carbocycles. The number of anilines is 1. The summed E-state index contributed by atoms with van der Waals surface area (Å²) in [5.74, 6) is 0.904.